The quantitative estimate of drug-likeness (QED) is 0.557. The van der Waals surface area contributed by atoms with Gasteiger partial charge in [0.05, 0.1) is 5.52 Å². The van der Waals surface area contributed by atoms with Crippen molar-refractivity contribution < 1.29 is 9.53 Å². The van der Waals surface area contributed by atoms with Crippen molar-refractivity contribution in [3.8, 4) is 11.1 Å². The number of carbonyl (C=O) groups excluding carboxylic acids is 1. The minimum absolute atomic E-state index is 0.349. The number of fused-ring (bicyclic) bond motifs is 1. The molecule has 0 spiro atoms. The molecule has 0 atom stereocenters. The van der Waals surface area contributed by atoms with Crippen molar-refractivity contribution >= 4 is 17.0 Å². The van der Waals surface area contributed by atoms with E-state index >= 15 is 0 Å². The molecular formula is C22H25NO2. The Morgan fingerprint density at radius 2 is 1.76 bits per heavy atom. The van der Waals surface area contributed by atoms with Gasteiger partial charge in [0.2, 0.25) is 0 Å². The van der Waals surface area contributed by atoms with Crippen molar-refractivity contribution in [3.63, 3.8) is 0 Å². The standard InChI is InChI=1S/C22H25NO2/c1-15(2)18-8-6-7-9-19(18)16-10-11-20-17(14-16)12-13-23(20)21(24)25-22(3,4)5/h6-15H,1-5H3. The van der Waals surface area contributed by atoms with Gasteiger partial charge in [-0.15, -0.1) is 0 Å². The molecule has 0 N–H and O–H groups in total. The molecule has 0 amide bonds. The molecule has 0 unspecified atom stereocenters. The number of ether oxygens (including phenoxy) is 1. The third-order valence-corrected chi connectivity index (χ3v) is 4.17. The molecule has 0 radical (unpaired) electrons. The van der Waals surface area contributed by atoms with Gasteiger partial charge in [-0.2, -0.15) is 0 Å². The minimum Gasteiger partial charge on any atom is -0.443 e. The maximum absolute atomic E-state index is 12.4. The van der Waals surface area contributed by atoms with Crippen molar-refractivity contribution in [2.45, 2.75) is 46.1 Å². The predicted molar refractivity (Wildman–Crippen MR) is 103 cm³/mol. The Labute approximate surface area is 149 Å². The molecule has 1 heterocycles. The Morgan fingerprint density at radius 3 is 2.44 bits per heavy atom. The van der Waals surface area contributed by atoms with Crippen molar-refractivity contribution in [3.05, 3.63) is 60.3 Å². The van der Waals surface area contributed by atoms with Crippen LogP contribution >= 0.6 is 0 Å². The molecule has 0 bridgehead atoms. The van der Waals surface area contributed by atoms with Gasteiger partial charge in [0.15, 0.2) is 0 Å². The third-order valence-electron chi connectivity index (χ3n) is 4.17. The molecule has 2 aromatic carbocycles. The fourth-order valence-electron chi connectivity index (χ4n) is 3.04. The maximum atomic E-state index is 12.4. The van der Waals surface area contributed by atoms with Gasteiger partial charge in [-0.1, -0.05) is 44.2 Å². The van der Waals surface area contributed by atoms with Crippen LogP contribution in [0.4, 0.5) is 4.79 Å². The Bertz CT molecular complexity index is 913. The van der Waals surface area contributed by atoms with Crippen LogP contribution in [0.1, 0.15) is 46.1 Å². The van der Waals surface area contributed by atoms with E-state index in [0.29, 0.717) is 5.92 Å². The molecule has 3 nitrogen and oxygen atoms in total. The average molecular weight is 335 g/mol. The van der Waals surface area contributed by atoms with E-state index in [1.807, 2.05) is 32.9 Å². The zero-order valence-corrected chi connectivity index (χ0v) is 15.5. The van der Waals surface area contributed by atoms with E-state index in [9.17, 15) is 4.79 Å². The molecule has 0 saturated heterocycles. The zero-order chi connectivity index (χ0) is 18.2. The maximum Gasteiger partial charge on any atom is 0.418 e. The van der Waals surface area contributed by atoms with Gasteiger partial charge >= 0.3 is 6.09 Å². The van der Waals surface area contributed by atoms with E-state index in [1.54, 1.807) is 10.8 Å². The van der Waals surface area contributed by atoms with Gasteiger partial charge in [0.25, 0.3) is 0 Å². The van der Waals surface area contributed by atoms with Crippen LogP contribution < -0.4 is 0 Å². The van der Waals surface area contributed by atoms with Crippen LogP contribution in [0.2, 0.25) is 0 Å². The van der Waals surface area contributed by atoms with Crippen LogP contribution in [0.15, 0.2) is 54.7 Å². The Hall–Kier alpha value is -2.55. The highest BCUT2D eigenvalue weighted by Gasteiger charge is 2.19. The summed E-state index contributed by atoms with van der Waals surface area (Å²) in [5, 5.41) is 1.03. The van der Waals surface area contributed by atoms with Gasteiger partial charge in [0, 0.05) is 11.6 Å². The largest absolute Gasteiger partial charge is 0.443 e. The fourth-order valence-corrected chi connectivity index (χ4v) is 3.04. The summed E-state index contributed by atoms with van der Waals surface area (Å²) in [5.74, 6) is 0.457. The molecular weight excluding hydrogens is 310 g/mol. The highest BCUT2D eigenvalue weighted by molar-refractivity contribution is 5.92. The summed E-state index contributed by atoms with van der Waals surface area (Å²) < 4.78 is 7.05. The number of aromatic nitrogens is 1. The number of hydrogen-bond acceptors (Lipinski definition) is 2. The molecule has 1 aromatic heterocycles. The second kappa shape index (κ2) is 6.40. The lowest BCUT2D eigenvalue weighted by Gasteiger charge is -2.19. The van der Waals surface area contributed by atoms with E-state index in [1.165, 1.54) is 16.7 Å². The Balaban J connectivity index is 2.02. The lowest BCUT2D eigenvalue weighted by atomic mass is 9.92. The monoisotopic (exact) mass is 335 g/mol. The predicted octanol–water partition coefficient (Wildman–Crippen LogP) is 6.21. The number of hydrogen-bond donors (Lipinski definition) is 0. The second-order valence-electron chi connectivity index (χ2n) is 7.68. The molecule has 0 saturated carbocycles. The first kappa shape index (κ1) is 17.3. The van der Waals surface area contributed by atoms with Gasteiger partial charge in [-0.25, -0.2) is 4.79 Å². The van der Waals surface area contributed by atoms with Crippen LogP contribution in [0.25, 0.3) is 22.0 Å². The van der Waals surface area contributed by atoms with Crippen LogP contribution in [-0.4, -0.2) is 16.3 Å². The normalized spacial score (nSPS) is 11.9. The topological polar surface area (TPSA) is 31.2 Å². The number of carbonyl (C=O) groups is 1. The van der Waals surface area contributed by atoms with Gasteiger partial charge < -0.3 is 4.74 Å². The summed E-state index contributed by atoms with van der Waals surface area (Å²) >= 11 is 0. The van der Waals surface area contributed by atoms with Crippen LogP contribution in [0.5, 0.6) is 0 Å². The molecule has 0 fully saturated rings. The van der Waals surface area contributed by atoms with Crippen LogP contribution in [0, 0.1) is 0 Å². The first-order valence-electron chi connectivity index (χ1n) is 8.70. The summed E-state index contributed by atoms with van der Waals surface area (Å²) in [6, 6.07) is 16.6. The smallest absolute Gasteiger partial charge is 0.418 e. The fraction of sp³-hybridized carbons (Fsp3) is 0.318. The molecule has 3 heteroatoms. The third kappa shape index (κ3) is 3.60. The molecule has 0 aliphatic heterocycles. The number of benzene rings is 2. The average Bonchev–Trinajstić information content (AvgIpc) is 2.96. The van der Waals surface area contributed by atoms with Crippen LogP contribution in [0.3, 0.4) is 0 Å². The number of nitrogens with zero attached hydrogens (tertiary/aromatic N) is 1. The Kier molecular flexibility index (Phi) is 4.42. The molecule has 0 aliphatic rings. The summed E-state index contributed by atoms with van der Waals surface area (Å²) in [5.41, 5.74) is 4.08. The van der Waals surface area contributed by atoms with E-state index in [2.05, 4.69) is 50.2 Å². The van der Waals surface area contributed by atoms with E-state index in [0.717, 1.165) is 10.9 Å². The molecule has 0 aliphatic carbocycles. The minimum atomic E-state index is -0.510. The van der Waals surface area contributed by atoms with Gasteiger partial charge in [-0.05, 0) is 61.6 Å². The highest BCUT2D eigenvalue weighted by atomic mass is 16.6. The molecule has 3 aromatic rings. The summed E-state index contributed by atoms with van der Waals surface area (Å²) in [7, 11) is 0. The van der Waals surface area contributed by atoms with Crippen molar-refractivity contribution in [2.75, 3.05) is 0 Å². The SMILES string of the molecule is CC(C)c1ccccc1-c1ccc2c(ccn2C(=O)OC(C)(C)C)c1. The number of rotatable bonds is 2. The van der Waals surface area contributed by atoms with Gasteiger partial charge in [-0.3, -0.25) is 4.57 Å². The summed E-state index contributed by atoms with van der Waals surface area (Å²) in [6.45, 7) is 10.0. The van der Waals surface area contributed by atoms with Crippen molar-refractivity contribution in [1.29, 1.82) is 0 Å². The van der Waals surface area contributed by atoms with E-state index in [4.69, 9.17) is 4.74 Å². The lowest BCUT2D eigenvalue weighted by Crippen LogP contribution is -2.26. The molecule has 25 heavy (non-hydrogen) atoms. The van der Waals surface area contributed by atoms with E-state index < -0.39 is 5.60 Å². The summed E-state index contributed by atoms with van der Waals surface area (Å²) in [6.07, 6.45) is 1.43. The molecule has 130 valence electrons. The zero-order valence-electron chi connectivity index (χ0n) is 15.5. The van der Waals surface area contributed by atoms with Crippen molar-refractivity contribution in [2.24, 2.45) is 0 Å². The summed E-state index contributed by atoms with van der Waals surface area (Å²) in [4.78, 5) is 12.4. The first-order chi connectivity index (χ1) is 11.8. The van der Waals surface area contributed by atoms with Crippen LogP contribution in [-0.2, 0) is 4.74 Å². The molecule has 3 rings (SSSR count). The highest BCUT2D eigenvalue weighted by Crippen LogP contribution is 2.31. The Morgan fingerprint density at radius 1 is 1.04 bits per heavy atom. The lowest BCUT2D eigenvalue weighted by molar-refractivity contribution is 0.0544. The van der Waals surface area contributed by atoms with Crippen molar-refractivity contribution in [1.82, 2.24) is 4.57 Å². The first-order valence-corrected chi connectivity index (χ1v) is 8.70. The van der Waals surface area contributed by atoms with E-state index in [-0.39, 0.29) is 6.09 Å². The second-order valence-corrected chi connectivity index (χ2v) is 7.68. The van der Waals surface area contributed by atoms with Gasteiger partial charge in [0.1, 0.15) is 5.60 Å².